The maximum atomic E-state index is 12.7. The summed E-state index contributed by atoms with van der Waals surface area (Å²) in [6.07, 6.45) is -2.96. The van der Waals surface area contributed by atoms with Crippen LogP contribution < -0.4 is 0 Å². The van der Waals surface area contributed by atoms with Crippen LogP contribution in [0.4, 0.5) is 13.2 Å². The zero-order chi connectivity index (χ0) is 16.1. The van der Waals surface area contributed by atoms with E-state index in [1.807, 2.05) is 0 Å². The highest BCUT2D eigenvalue weighted by atomic mass is 79.9. The van der Waals surface area contributed by atoms with E-state index < -0.39 is 17.5 Å². The smallest absolute Gasteiger partial charge is 0.416 e. The molecule has 5 nitrogen and oxygen atoms in total. The van der Waals surface area contributed by atoms with E-state index in [1.165, 1.54) is 11.4 Å². The molecule has 0 fully saturated rings. The Labute approximate surface area is 130 Å². The molecule has 2 heterocycles. The van der Waals surface area contributed by atoms with Gasteiger partial charge in [-0.3, -0.25) is 0 Å². The van der Waals surface area contributed by atoms with Crippen LogP contribution in [0.15, 0.2) is 29.1 Å². The van der Waals surface area contributed by atoms with Crippen molar-refractivity contribution >= 4 is 21.7 Å². The number of fused-ring (bicyclic) bond motifs is 1. The van der Waals surface area contributed by atoms with Gasteiger partial charge in [0.15, 0.2) is 0 Å². The number of phenolic OH excluding ortho intramolecular Hbond substituents is 1. The monoisotopic (exact) mass is 372 g/mol. The Morgan fingerprint density at radius 1 is 1.23 bits per heavy atom. The third kappa shape index (κ3) is 2.52. The Hall–Kier alpha value is -2.16. The molecule has 0 unspecified atom stereocenters. The third-order valence-corrected chi connectivity index (χ3v) is 3.42. The third-order valence-electron chi connectivity index (χ3n) is 3.08. The van der Waals surface area contributed by atoms with Gasteiger partial charge >= 0.3 is 6.18 Å². The fourth-order valence-electron chi connectivity index (χ4n) is 2.16. The number of nitrogens with zero attached hydrogens (tertiary/aromatic N) is 4. The van der Waals surface area contributed by atoms with Gasteiger partial charge in [-0.2, -0.15) is 18.2 Å². The van der Waals surface area contributed by atoms with Gasteiger partial charge in [0.25, 0.3) is 5.78 Å². The molecule has 0 saturated heterocycles. The topological polar surface area (TPSA) is 63.3 Å². The first-order valence-corrected chi connectivity index (χ1v) is 6.85. The molecule has 0 aliphatic rings. The summed E-state index contributed by atoms with van der Waals surface area (Å²) in [5, 5.41) is 14.0. The molecular formula is C13H8BrF3N4O. The molecule has 2 aromatic heterocycles. The van der Waals surface area contributed by atoms with Crippen molar-refractivity contribution in [2.75, 3.05) is 0 Å². The summed E-state index contributed by atoms with van der Waals surface area (Å²) in [6.45, 7) is 1.48. The zero-order valence-electron chi connectivity index (χ0n) is 11.1. The van der Waals surface area contributed by atoms with E-state index in [2.05, 4.69) is 31.0 Å². The van der Waals surface area contributed by atoms with Gasteiger partial charge in [-0.1, -0.05) is 0 Å². The molecule has 0 spiro atoms. The molecule has 22 heavy (non-hydrogen) atoms. The molecule has 3 rings (SSSR count). The number of phenols is 1. The summed E-state index contributed by atoms with van der Waals surface area (Å²) < 4.78 is 40.0. The van der Waals surface area contributed by atoms with Crippen molar-refractivity contribution < 1.29 is 18.3 Å². The number of benzene rings is 1. The Bertz CT molecular complexity index is 852. The van der Waals surface area contributed by atoms with Gasteiger partial charge in [0.1, 0.15) is 5.75 Å². The molecular weight excluding hydrogens is 365 g/mol. The normalized spacial score (nSPS) is 12.0. The summed E-state index contributed by atoms with van der Waals surface area (Å²) in [7, 11) is 0. The van der Waals surface area contributed by atoms with Crippen molar-refractivity contribution in [1.82, 2.24) is 19.6 Å². The van der Waals surface area contributed by atoms with Crippen molar-refractivity contribution in [2.24, 2.45) is 0 Å². The molecule has 0 bridgehead atoms. The maximum absolute atomic E-state index is 12.7. The van der Waals surface area contributed by atoms with Gasteiger partial charge < -0.3 is 5.11 Å². The van der Waals surface area contributed by atoms with E-state index in [9.17, 15) is 18.3 Å². The molecule has 0 atom stereocenters. The van der Waals surface area contributed by atoms with Crippen LogP contribution in [0.5, 0.6) is 5.75 Å². The van der Waals surface area contributed by atoms with Gasteiger partial charge in [-0.05, 0) is 46.6 Å². The fourth-order valence-corrected chi connectivity index (χ4v) is 2.49. The highest BCUT2D eigenvalue weighted by Gasteiger charge is 2.32. The molecule has 0 radical (unpaired) electrons. The van der Waals surface area contributed by atoms with Gasteiger partial charge in [0.2, 0.25) is 4.73 Å². The van der Waals surface area contributed by atoms with Crippen molar-refractivity contribution in [3.8, 4) is 17.0 Å². The van der Waals surface area contributed by atoms with Gasteiger partial charge in [0.05, 0.1) is 11.3 Å². The maximum Gasteiger partial charge on any atom is 0.416 e. The highest BCUT2D eigenvalue weighted by molar-refractivity contribution is 9.10. The first-order chi connectivity index (χ1) is 10.3. The lowest BCUT2D eigenvalue weighted by atomic mass is 10.0. The number of alkyl halides is 3. The van der Waals surface area contributed by atoms with Crippen molar-refractivity contribution in [3.63, 3.8) is 0 Å². The average molecular weight is 373 g/mol. The van der Waals surface area contributed by atoms with Crippen molar-refractivity contribution in [3.05, 3.63) is 40.3 Å². The number of rotatable bonds is 1. The number of aryl methyl sites for hydroxylation is 1. The molecule has 3 aromatic rings. The Kier molecular flexibility index (Phi) is 3.32. The van der Waals surface area contributed by atoms with Crippen LogP contribution in [0.3, 0.4) is 0 Å². The second-order valence-electron chi connectivity index (χ2n) is 4.62. The van der Waals surface area contributed by atoms with Crippen LogP contribution >= 0.6 is 15.9 Å². The first kappa shape index (κ1) is 14.8. The number of aromatic hydroxyl groups is 1. The molecule has 0 aliphatic heterocycles. The summed E-state index contributed by atoms with van der Waals surface area (Å²) in [5.41, 5.74) is -0.0916. The second-order valence-corrected chi connectivity index (χ2v) is 5.33. The van der Waals surface area contributed by atoms with Crippen molar-refractivity contribution in [2.45, 2.75) is 13.1 Å². The van der Waals surface area contributed by atoms with Crippen LogP contribution in [0.2, 0.25) is 0 Å². The minimum Gasteiger partial charge on any atom is -0.507 e. The summed E-state index contributed by atoms with van der Waals surface area (Å²) in [4.78, 5) is 8.21. The largest absolute Gasteiger partial charge is 0.507 e. The van der Waals surface area contributed by atoms with E-state index in [0.29, 0.717) is 16.5 Å². The number of halogens is 4. The minimum absolute atomic E-state index is 0.231. The average Bonchev–Trinajstić information content (AvgIpc) is 2.76. The molecule has 1 N–H and O–H groups in total. The van der Waals surface area contributed by atoms with Crippen LogP contribution in [0.1, 0.15) is 11.1 Å². The molecule has 0 amide bonds. The molecule has 0 saturated carbocycles. The van der Waals surface area contributed by atoms with E-state index in [4.69, 9.17) is 0 Å². The van der Waals surface area contributed by atoms with Crippen molar-refractivity contribution in [1.29, 1.82) is 0 Å². The van der Waals surface area contributed by atoms with Crippen LogP contribution in [-0.4, -0.2) is 24.7 Å². The van der Waals surface area contributed by atoms with E-state index in [-0.39, 0.29) is 16.9 Å². The van der Waals surface area contributed by atoms with Gasteiger partial charge in [-0.15, -0.1) is 5.10 Å². The lowest BCUT2D eigenvalue weighted by Gasteiger charge is -2.13. The van der Waals surface area contributed by atoms with E-state index >= 15 is 0 Å². The Morgan fingerprint density at radius 3 is 2.59 bits per heavy atom. The van der Waals surface area contributed by atoms with Crippen LogP contribution in [0.25, 0.3) is 17.0 Å². The van der Waals surface area contributed by atoms with Gasteiger partial charge in [-0.25, -0.2) is 9.50 Å². The van der Waals surface area contributed by atoms with Gasteiger partial charge in [0, 0.05) is 11.8 Å². The predicted molar refractivity (Wildman–Crippen MR) is 75.3 cm³/mol. The van der Waals surface area contributed by atoms with Crippen LogP contribution in [0, 0.1) is 6.92 Å². The molecule has 9 heteroatoms. The molecule has 0 aliphatic carbocycles. The molecule has 114 valence electrons. The first-order valence-electron chi connectivity index (χ1n) is 6.06. The minimum atomic E-state index is -4.52. The number of aromatic nitrogens is 4. The quantitative estimate of drug-likeness (QED) is 0.708. The number of hydrogen-bond donors (Lipinski definition) is 1. The number of hydrogen-bond acceptors (Lipinski definition) is 4. The highest BCUT2D eigenvalue weighted by Crippen LogP contribution is 2.38. The Balaban J connectivity index is 2.17. The standard InChI is InChI=1S/C13H8BrF3N4O/c1-6-4-7(13(15,16)17)5-9(22)10(6)8-2-3-21-12(18-8)19-11(14)20-21/h2-5,22H,1H3. The zero-order valence-corrected chi connectivity index (χ0v) is 12.6. The van der Waals surface area contributed by atoms with E-state index in [1.54, 1.807) is 12.3 Å². The summed E-state index contributed by atoms with van der Waals surface area (Å²) in [6, 6.07) is 3.21. The fraction of sp³-hybridized carbons (Fsp3) is 0.154. The second kappa shape index (κ2) is 4.94. The molecule has 1 aromatic carbocycles. The lowest BCUT2D eigenvalue weighted by molar-refractivity contribution is -0.137. The SMILES string of the molecule is Cc1cc(C(F)(F)F)cc(O)c1-c1ccn2nc(Br)nc2n1. The summed E-state index contributed by atoms with van der Waals surface area (Å²) in [5.74, 6) is -0.217. The lowest BCUT2D eigenvalue weighted by Crippen LogP contribution is -2.06. The van der Waals surface area contributed by atoms with E-state index in [0.717, 1.165) is 6.07 Å². The summed E-state index contributed by atoms with van der Waals surface area (Å²) >= 11 is 3.11. The predicted octanol–water partition coefficient (Wildman–Crippen LogP) is 3.59. The Morgan fingerprint density at radius 2 is 1.95 bits per heavy atom. The van der Waals surface area contributed by atoms with Crippen LogP contribution in [-0.2, 0) is 6.18 Å².